The first-order valence-electron chi connectivity index (χ1n) is 6.32. The third kappa shape index (κ3) is 3.82. The van der Waals surface area contributed by atoms with Crippen LogP contribution in [0.4, 0.5) is 5.82 Å². The van der Waals surface area contributed by atoms with Crippen LogP contribution in [0.3, 0.4) is 0 Å². The van der Waals surface area contributed by atoms with Gasteiger partial charge in [0.15, 0.2) is 0 Å². The van der Waals surface area contributed by atoms with E-state index in [1.54, 1.807) is 11.8 Å². The molecule has 0 radical (unpaired) electrons. The lowest BCUT2D eigenvalue weighted by Crippen LogP contribution is -2.09. The van der Waals surface area contributed by atoms with E-state index in [2.05, 4.69) is 21.4 Å². The maximum absolute atomic E-state index is 5.50. The van der Waals surface area contributed by atoms with Crippen molar-refractivity contribution in [2.75, 3.05) is 11.9 Å². The van der Waals surface area contributed by atoms with Gasteiger partial charge in [-0.25, -0.2) is 9.97 Å². The molecule has 0 bridgehead atoms. The highest BCUT2D eigenvalue weighted by Gasteiger charge is 2.03. The van der Waals surface area contributed by atoms with E-state index < -0.39 is 0 Å². The SMILES string of the molecule is NCc1nccc(NCCC2=CCCCC2)n1. The summed E-state index contributed by atoms with van der Waals surface area (Å²) in [6, 6.07) is 1.88. The largest absolute Gasteiger partial charge is 0.370 e. The first kappa shape index (κ1) is 12.0. The Bertz CT molecular complexity index is 387. The highest BCUT2D eigenvalue weighted by Crippen LogP contribution is 2.19. The van der Waals surface area contributed by atoms with Crippen LogP contribution in [0.2, 0.25) is 0 Å². The van der Waals surface area contributed by atoms with Gasteiger partial charge in [-0.15, -0.1) is 0 Å². The van der Waals surface area contributed by atoms with Crippen LogP contribution >= 0.6 is 0 Å². The molecule has 0 aromatic carbocycles. The van der Waals surface area contributed by atoms with Gasteiger partial charge in [-0.2, -0.15) is 0 Å². The molecule has 4 heteroatoms. The second-order valence-electron chi connectivity index (χ2n) is 4.35. The van der Waals surface area contributed by atoms with Gasteiger partial charge in [0, 0.05) is 12.7 Å². The lowest BCUT2D eigenvalue weighted by atomic mass is 9.97. The van der Waals surface area contributed by atoms with Crippen molar-refractivity contribution in [1.82, 2.24) is 9.97 Å². The first-order chi connectivity index (χ1) is 8.38. The molecule has 0 amide bonds. The molecule has 0 atom stereocenters. The number of allylic oxidation sites excluding steroid dienone is 1. The molecule has 92 valence electrons. The van der Waals surface area contributed by atoms with E-state index in [0.29, 0.717) is 12.4 Å². The molecule has 0 unspecified atom stereocenters. The summed E-state index contributed by atoms with van der Waals surface area (Å²) in [4.78, 5) is 8.38. The van der Waals surface area contributed by atoms with Crippen molar-refractivity contribution in [3.8, 4) is 0 Å². The van der Waals surface area contributed by atoms with Gasteiger partial charge < -0.3 is 11.1 Å². The molecule has 0 aliphatic heterocycles. The number of aromatic nitrogens is 2. The number of hydrogen-bond acceptors (Lipinski definition) is 4. The van der Waals surface area contributed by atoms with Crippen LogP contribution in [0, 0.1) is 0 Å². The standard InChI is InChI=1S/C13H20N4/c14-10-13-16-9-7-12(17-13)15-8-6-11-4-2-1-3-5-11/h4,7,9H,1-3,5-6,8,10,14H2,(H,15,16,17). The molecular weight excluding hydrogens is 212 g/mol. The Kier molecular flexibility index (Phi) is 4.50. The fourth-order valence-electron chi connectivity index (χ4n) is 2.08. The highest BCUT2D eigenvalue weighted by atomic mass is 15.0. The van der Waals surface area contributed by atoms with Crippen molar-refractivity contribution in [2.45, 2.75) is 38.6 Å². The summed E-state index contributed by atoms with van der Waals surface area (Å²) in [5, 5.41) is 3.32. The zero-order chi connectivity index (χ0) is 11.9. The van der Waals surface area contributed by atoms with Gasteiger partial charge in [0.1, 0.15) is 11.6 Å². The maximum atomic E-state index is 5.50. The van der Waals surface area contributed by atoms with E-state index in [9.17, 15) is 0 Å². The quantitative estimate of drug-likeness (QED) is 0.764. The monoisotopic (exact) mass is 232 g/mol. The van der Waals surface area contributed by atoms with Crippen molar-refractivity contribution in [1.29, 1.82) is 0 Å². The first-order valence-corrected chi connectivity index (χ1v) is 6.32. The van der Waals surface area contributed by atoms with Gasteiger partial charge in [0.2, 0.25) is 0 Å². The van der Waals surface area contributed by atoms with Crippen molar-refractivity contribution in [3.05, 3.63) is 29.7 Å². The summed E-state index contributed by atoms with van der Waals surface area (Å²) in [7, 11) is 0. The van der Waals surface area contributed by atoms with Crippen molar-refractivity contribution < 1.29 is 0 Å². The number of rotatable bonds is 5. The molecule has 3 N–H and O–H groups in total. The van der Waals surface area contributed by atoms with Crippen LogP contribution < -0.4 is 11.1 Å². The van der Waals surface area contributed by atoms with Crippen LogP contribution in [-0.4, -0.2) is 16.5 Å². The molecule has 0 spiro atoms. The van der Waals surface area contributed by atoms with E-state index in [1.807, 2.05) is 6.07 Å². The van der Waals surface area contributed by atoms with Crippen molar-refractivity contribution in [3.63, 3.8) is 0 Å². The summed E-state index contributed by atoms with van der Waals surface area (Å²) in [5.74, 6) is 1.56. The van der Waals surface area contributed by atoms with Crippen molar-refractivity contribution >= 4 is 5.82 Å². The van der Waals surface area contributed by atoms with Crippen LogP contribution in [-0.2, 0) is 6.54 Å². The van der Waals surface area contributed by atoms with Gasteiger partial charge >= 0.3 is 0 Å². The normalized spacial score (nSPS) is 15.5. The molecule has 2 rings (SSSR count). The van der Waals surface area contributed by atoms with Crippen molar-refractivity contribution in [2.24, 2.45) is 5.73 Å². The van der Waals surface area contributed by atoms with Gasteiger partial charge in [0.25, 0.3) is 0 Å². The number of nitrogens with two attached hydrogens (primary N) is 1. The molecule has 0 fully saturated rings. The van der Waals surface area contributed by atoms with E-state index in [4.69, 9.17) is 5.73 Å². The Labute approximate surface area is 102 Å². The van der Waals surface area contributed by atoms with Gasteiger partial charge in [0.05, 0.1) is 6.54 Å². The summed E-state index contributed by atoms with van der Waals surface area (Å²) in [6.45, 7) is 1.33. The van der Waals surface area contributed by atoms with E-state index >= 15 is 0 Å². The van der Waals surface area contributed by atoms with Gasteiger partial charge in [-0.05, 0) is 38.2 Å². The molecule has 17 heavy (non-hydrogen) atoms. The zero-order valence-corrected chi connectivity index (χ0v) is 10.2. The zero-order valence-electron chi connectivity index (χ0n) is 10.2. The third-order valence-electron chi connectivity index (χ3n) is 3.03. The second kappa shape index (κ2) is 6.35. The topological polar surface area (TPSA) is 63.8 Å². The molecule has 1 aliphatic carbocycles. The summed E-state index contributed by atoms with van der Waals surface area (Å²) >= 11 is 0. The van der Waals surface area contributed by atoms with Crippen LogP contribution in [0.25, 0.3) is 0 Å². The third-order valence-corrected chi connectivity index (χ3v) is 3.03. The molecule has 0 saturated carbocycles. The van der Waals surface area contributed by atoms with Crippen LogP contribution in [0.1, 0.15) is 37.9 Å². The Balaban J connectivity index is 1.79. The predicted octanol–water partition coefficient (Wildman–Crippen LogP) is 2.24. The van der Waals surface area contributed by atoms with E-state index in [0.717, 1.165) is 18.8 Å². The van der Waals surface area contributed by atoms with Gasteiger partial charge in [-0.1, -0.05) is 11.6 Å². The minimum atomic E-state index is 0.390. The van der Waals surface area contributed by atoms with E-state index in [1.165, 1.54) is 25.7 Å². The van der Waals surface area contributed by atoms with Crippen LogP contribution in [0.15, 0.2) is 23.9 Å². The number of anilines is 1. The average Bonchev–Trinajstić information content (AvgIpc) is 2.40. The predicted molar refractivity (Wildman–Crippen MR) is 69.6 cm³/mol. The maximum Gasteiger partial charge on any atom is 0.144 e. The number of hydrogen-bond donors (Lipinski definition) is 2. The molecule has 0 saturated heterocycles. The Morgan fingerprint density at radius 2 is 2.29 bits per heavy atom. The highest BCUT2D eigenvalue weighted by molar-refractivity contribution is 5.33. The lowest BCUT2D eigenvalue weighted by Gasteiger charge is -2.13. The Morgan fingerprint density at radius 1 is 1.35 bits per heavy atom. The molecular formula is C13H20N4. The molecule has 4 nitrogen and oxygen atoms in total. The molecule has 1 heterocycles. The minimum Gasteiger partial charge on any atom is -0.370 e. The second-order valence-corrected chi connectivity index (χ2v) is 4.35. The molecule has 1 aromatic rings. The summed E-state index contributed by atoms with van der Waals surface area (Å²) in [5.41, 5.74) is 7.08. The molecule has 1 aromatic heterocycles. The number of nitrogens with zero attached hydrogens (tertiary/aromatic N) is 2. The fraction of sp³-hybridized carbons (Fsp3) is 0.538. The average molecular weight is 232 g/mol. The van der Waals surface area contributed by atoms with Crippen LogP contribution in [0.5, 0.6) is 0 Å². The molecule has 1 aliphatic rings. The Morgan fingerprint density at radius 3 is 3.06 bits per heavy atom. The minimum absolute atomic E-state index is 0.390. The van der Waals surface area contributed by atoms with E-state index in [-0.39, 0.29) is 0 Å². The summed E-state index contributed by atoms with van der Waals surface area (Å²) in [6.07, 6.45) is 10.5. The van der Waals surface area contributed by atoms with Gasteiger partial charge in [-0.3, -0.25) is 0 Å². The lowest BCUT2D eigenvalue weighted by molar-refractivity contribution is 0.679. The Hall–Kier alpha value is -1.42. The smallest absolute Gasteiger partial charge is 0.144 e. The fourth-order valence-corrected chi connectivity index (χ4v) is 2.08. The number of nitrogens with one attached hydrogen (secondary N) is 1. The summed E-state index contributed by atoms with van der Waals surface area (Å²) < 4.78 is 0.